The molecule has 2 amide bonds. The van der Waals surface area contributed by atoms with Crippen LogP contribution < -0.4 is 10.6 Å². The number of aromatic hydroxyl groups is 1. The van der Waals surface area contributed by atoms with Gasteiger partial charge in [-0.1, -0.05) is 36.4 Å². The Labute approximate surface area is 155 Å². The van der Waals surface area contributed by atoms with Crippen molar-refractivity contribution in [2.24, 2.45) is 0 Å². The first-order valence-corrected chi connectivity index (χ1v) is 8.06. The smallest absolute Gasteiger partial charge is 0.272 e. The molecule has 0 aromatic heterocycles. The number of hydrogen-bond acceptors (Lipinski definition) is 4. The minimum Gasteiger partial charge on any atom is -0.508 e. The van der Waals surface area contributed by atoms with Crippen LogP contribution in [0.2, 0.25) is 0 Å². The number of nitrogens with zero attached hydrogens (tertiary/aromatic N) is 1. The van der Waals surface area contributed by atoms with E-state index in [4.69, 9.17) is 0 Å². The number of hydrogen-bond donors (Lipinski definition) is 3. The first-order valence-electron chi connectivity index (χ1n) is 8.06. The second-order valence-corrected chi connectivity index (χ2v) is 5.68. The van der Waals surface area contributed by atoms with Crippen molar-refractivity contribution in [1.29, 1.82) is 5.26 Å². The van der Waals surface area contributed by atoms with Crippen molar-refractivity contribution < 1.29 is 14.7 Å². The monoisotopic (exact) mass is 357 g/mol. The number of amides is 2. The zero-order chi connectivity index (χ0) is 19.2. The Morgan fingerprint density at radius 1 is 1.00 bits per heavy atom. The van der Waals surface area contributed by atoms with Gasteiger partial charge in [0.25, 0.3) is 5.91 Å². The van der Waals surface area contributed by atoms with E-state index in [0.717, 1.165) is 10.8 Å². The highest BCUT2D eigenvalue weighted by Crippen LogP contribution is 2.26. The standard InChI is InChI=1S/C21H15N3O3/c22-12-15-7-10-19(18-4-2-1-3-17(15)18)24-21(27)20(23-13-25)11-14-5-8-16(26)9-6-14/h1-11,13,26H,(H,23,25)(H,24,27)/b20-11-. The number of benzene rings is 3. The number of nitriles is 1. The zero-order valence-corrected chi connectivity index (χ0v) is 14.1. The van der Waals surface area contributed by atoms with Gasteiger partial charge in [-0.3, -0.25) is 9.59 Å². The van der Waals surface area contributed by atoms with Crippen molar-refractivity contribution in [1.82, 2.24) is 5.32 Å². The molecule has 3 aromatic carbocycles. The highest BCUT2D eigenvalue weighted by molar-refractivity contribution is 6.11. The van der Waals surface area contributed by atoms with Gasteiger partial charge in [0.05, 0.1) is 11.6 Å². The van der Waals surface area contributed by atoms with Gasteiger partial charge < -0.3 is 15.7 Å². The third-order valence-corrected chi connectivity index (χ3v) is 3.96. The molecule has 0 saturated heterocycles. The summed E-state index contributed by atoms with van der Waals surface area (Å²) in [5, 5.41) is 25.2. The normalized spacial score (nSPS) is 10.9. The lowest BCUT2D eigenvalue weighted by Crippen LogP contribution is -2.24. The molecule has 0 aliphatic carbocycles. The Kier molecular flexibility index (Phi) is 5.15. The molecule has 0 fully saturated rings. The summed E-state index contributed by atoms with van der Waals surface area (Å²) in [6, 6.07) is 18.9. The Bertz CT molecular complexity index is 1080. The lowest BCUT2D eigenvalue weighted by molar-refractivity contribution is -0.115. The van der Waals surface area contributed by atoms with E-state index in [1.165, 1.54) is 18.2 Å². The number of phenolic OH excluding ortho intramolecular Hbond substituents is 1. The summed E-state index contributed by atoms with van der Waals surface area (Å²) in [6.45, 7) is 0. The molecular weight excluding hydrogens is 342 g/mol. The van der Waals surface area contributed by atoms with Crippen molar-refractivity contribution in [3.63, 3.8) is 0 Å². The van der Waals surface area contributed by atoms with Crippen LogP contribution in [0.5, 0.6) is 5.75 Å². The van der Waals surface area contributed by atoms with Crippen LogP contribution in [-0.4, -0.2) is 17.4 Å². The van der Waals surface area contributed by atoms with Crippen LogP contribution in [0, 0.1) is 11.3 Å². The first-order chi connectivity index (χ1) is 13.1. The number of fused-ring (bicyclic) bond motifs is 1. The van der Waals surface area contributed by atoms with Crippen molar-refractivity contribution in [2.45, 2.75) is 0 Å². The summed E-state index contributed by atoms with van der Waals surface area (Å²) in [4.78, 5) is 23.6. The summed E-state index contributed by atoms with van der Waals surface area (Å²) < 4.78 is 0. The molecule has 3 aromatic rings. The molecule has 132 valence electrons. The van der Waals surface area contributed by atoms with E-state index >= 15 is 0 Å². The van der Waals surface area contributed by atoms with Gasteiger partial charge in [-0.2, -0.15) is 5.26 Å². The summed E-state index contributed by atoms with van der Waals surface area (Å²) in [5.74, 6) is -0.407. The van der Waals surface area contributed by atoms with Gasteiger partial charge in [-0.25, -0.2) is 0 Å². The van der Waals surface area contributed by atoms with Crippen molar-refractivity contribution in [3.8, 4) is 11.8 Å². The van der Waals surface area contributed by atoms with Crippen LogP contribution >= 0.6 is 0 Å². The summed E-state index contributed by atoms with van der Waals surface area (Å²) in [6.07, 6.45) is 1.91. The Morgan fingerprint density at radius 2 is 1.70 bits per heavy atom. The van der Waals surface area contributed by atoms with Crippen molar-refractivity contribution in [3.05, 3.63) is 77.5 Å². The molecule has 0 atom stereocenters. The van der Waals surface area contributed by atoms with Crippen molar-refractivity contribution >= 4 is 34.9 Å². The van der Waals surface area contributed by atoms with Gasteiger partial charge in [-0.05, 0) is 35.9 Å². The van der Waals surface area contributed by atoms with Gasteiger partial charge in [0, 0.05) is 16.5 Å². The molecule has 6 heteroatoms. The fraction of sp³-hybridized carbons (Fsp3) is 0. The Balaban J connectivity index is 1.95. The molecule has 3 rings (SSSR count). The third-order valence-electron chi connectivity index (χ3n) is 3.96. The zero-order valence-electron chi connectivity index (χ0n) is 14.1. The topological polar surface area (TPSA) is 102 Å². The van der Waals surface area contributed by atoms with Crippen LogP contribution in [0.1, 0.15) is 11.1 Å². The van der Waals surface area contributed by atoms with E-state index in [-0.39, 0.29) is 11.4 Å². The average Bonchev–Trinajstić information content (AvgIpc) is 2.69. The number of phenols is 1. The molecule has 27 heavy (non-hydrogen) atoms. The van der Waals surface area contributed by atoms with E-state index in [0.29, 0.717) is 23.2 Å². The molecule has 0 spiro atoms. The van der Waals surface area contributed by atoms with Crippen LogP contribution in [0.15, 0.2) is 66.4 Å². The largest absolute Gasteiger partial charge is 0.508 e. The average molecular weight is 357 g/mol. The maximum Gasteiger partial charge on any atom is 0.272 e. The maximum absolute atomic E-state index is 12.7. The quantitative estimate of drug-likeness (QED) is 0.482. The van der Waals surface area contributed by atoms with Crippen LogP contribution in [0.25, 0.3) is 16.8 Å². The van der Waals surface area contributed by atoms with Crippen LogP contribution in [0.3, 0.4) is 0 Å². The molecule has 0 bridgehead atoms. The third kappa shape index (κ3) is 3.94. The highest BCUT2D eigenvalue weighted by Gasteiger charge is 2.12. The van der Waals surface area contributed by atoms with E-state index in [2.05, 4.69) is 16.7 Å². The number of carbonyl (C=O) groups excluding carboxylic acids is 2. The minimum absolute atomic E-state index is 0.0455. The van der Waals surface area contributed by atoms with E-state index in [9.17, 15) is 20.0 Å². The van der Waals surface area contributed by atoms with Crippen LogP contribution in [0.4, 0.5) is 5.69 Å². The SMILES string of the molecule is N#Cc1ccc(NC(=O)/C(=C/c2ccc(O)cc2)NC=O)c2ccccc12. The van der Waals surface area contributed by atoms with Gasteiger partial charge in [0.15, 0.2) is 0 Å². The maximum atomic E-state index is 12.7. The van der Waals surface area contributed by atoms with E-state index in [1.807, 2.05) is 18.2 Å². The lowest BCUT2D eigenvalue weighted by atomic mass is 10.0. The number of anilines is 1. The second-order valence-electron chi connectivity index (χ2n) is 5.68. The summed E-state index contributed by atoms with van der Waals surface area (Å²) in [7, 11) is 0. The molecule has 0 heterocycles. The molecule has 0 unspecified atom stereocenters. The molecule has 0 saturated carbocycles. The molecule has 0 aliphatic rings. The number of carbonyl (C=O) groups is 2. The van der Waals surface area contributed by atoms with Gasteiger partial charge in [0.1, 0.15) is 11.4 Å². The first kappa shape index (κ1) is 17.7. The fourth-order valence-corrected chi connectivity index (χ4v) is 2.67. The molecular formula is C21H15N3O3. The number of nitrogens with one attached hydrogen (secondary N) is 2. The van der Waals surface area contributed by atoms with Crippen molar-refractivity contribution in [2.75, 3.05) is 5.32 Å². The molecule has 3 N–H and O–H groups in total. The predicted octanol–water partition coefficient (Wildman–Crippen LogP) is 3.14. The van der Waals surface area contributed by atoms with E-state index < -0.39 is 5.91 Å². The molecule has 0 radical (unpaired) electrons. The van der Waals surface area contributed by atoms with Gasteiger partial charge in [0.2, 0.25) is 6.41 Å². The van der Waals surface area contributed by atoms with Gasteiger partial charge >= 0.3 is 0 Å². The summed E-state index contributed by atoms with van der Waals surface area (Å²) >= 11 is 0. The summed E-state index contributed by atoms with van der Waals surface area (Å²) in [5.41, 5.74) is 1.72. The van der Waals surface area contributed by atoms with E-state index in [1.54, 1.807) is 30.3 Å². The van der Waals surface area contributed by atoms with Crippen LogP contribution in [-0.2, 0) is 9.59 Å². The minimum atomic E-state index is -0.509. The number of rotatable bonds is 5. The highest BCUT2D eigenvalue weighted by atomic mass is 16.3. The fourth-order valence-electron chi connectivity index (χ4n) is 2.67. The molecule has 6 nitrogen and oxygen atoms in total. The predicted molar refractivity (Wildman–Crippen MR) is 103 cm³/mol. The second kappa shape index (κ2) is 7.85. The lowest BCUT2D eigenvalue weighted by Gasteiger charge is -2.11. The molecule has 0 aliphatic heterocycles. The Hall–Kier alpha value is -4.11. The Morgan fingerprint density at radius 3 is 2.37 bits per heavy atom. The van der Waals surface area contributed by atoms with Gasteiger partial charge in [-0.15, -0.1) is 0 Å².